The van der Waals surface area contributed by atoms with E-state index in [1.807, 2.05) is 0 Å². The molecule has 0 aliphatic rings. The average molecular weight is 223 g/mol. The number of rotatable bonds is 3. The molecular weight excluding hydrogens is 214 g/mol. The van der Waals surface area contributed by atoms with E-state index in [0.717, 1.165) is 0 Å². The Morgan fingerprint density at radius 3 is 2.75 bits per heavy atom. The second-order valence-electron chi connectivity index (χ2n) is 3.09. The summed E-state index contributed by atoms with van der Waals surface area (Å²) in [6.07, 6.45) is 0. The van der Waals surface area contributed by atoms with Crippen LogP contribution in [-0.4, -0.2) is 38.2 Å². The molecule has 0 radical (unpaired) electrons. The Balaban J connectivity index is 2.53. The molecule has 0 unspecified atom stereocenters. The zero-order chi connectivity index (χ0) is 11.7. The molecule has 8 nitrogen and oxygen atoms in total. The molecule has 2 aromatic heterocycles. The third kappa shape index (κ3) is 1.44. The summed E-state index contributed by atoms with van der Waals surface area (Å²) in [5.41, 5.74) is 0.839. The molecule has 0 N–H and O–H groups in total. The van der Waals surface area contributed by atoms with Crippen LogP contribution in [0.4, 0.5) is 0 Å². The van der Waals surface area contributed by atoms with E-state index in [4.69, 9.17) is 4.74 Å². The predicted molar refractivity (Wildman–Crippen MR) is 50.5 cm³/mol. The Hall–Kier alpha value is -2.25. The van der Waals surface area contributed by atoms with Crippen molar-refractivity contribution in [3.05, 3.63) is 11.4 Å². The fourth-order valence-electron chi connectivity index (χ4n) is 1.29. The van der Waals surface area contributed by atoms with E-state index in [1.54, 1.807) is 6.92 Å². The summed E-state index contributed by atoms with van der Waals surface area (Å²) in [5, 5.41) is 14.7. The Kier molecular flexibility index (Phi) is 2.39. The van der Waals surface area contributed by atoms with Gasteiger partial charge in [0.2, 0.25) is 0 Å². The van der Waals surface area contributed by atoms with Gasteiger partial charge in [0, 0.05) is 6.92 Å². The molecule has 0 aliphatic heterocycles. The van der Waals surface area contributed by atoms with Crippen molar-refractivity contribution in [3.63, 3.8) is 0 Å². The van der Waals surface area contributed by atoms with Crippen LogP contribution in [0.3, 0.4) is 0 Å². The normalized spacial score (nSPS) is 10.4. The van der Waals surface area contributed by atoms with Gasteiger partial charge in [0.05, 0.1) is 12.8 Å². The zero-order valence-corrected chi connectivity index (χ0v) is 8.96. The van der Waals surface area contributed by atoms with Crippen LogP contribution >= 0.6 is 0 Å². The Morgan fingerprint density at radius 1 is 1.44 bits per heavy atom. The molecule has 0 atom stereocenters. The number of hydrogen-bond donors (Lipinski definition) is 0. The third-order valence-corrected chi connectivity index (χ3v) is 2.06. The lowest BCUT2D eigenvalue weighted by molar-refractivity contribution is 0.101. The largest absolute Gasteiger partial charge is 0.476 e. The molecule has 0 aliphatic carbocycles. The minimum Gasteiger partial charge on any atom is -0.476 e. The number of aromatic nitrogens is 5. The fourth-order valence-corrected chi connectivity index (χ4v) is 1.29. The van der Waals surface area contributed by atoms with E-state index in [-0.39, 0.29) is 23.2 Å². The molecule has 0 saturated heterocycles. The summed E-state index contributed by atoms with van der Waals surface area (Å²) in [6, 6.07) is 0. The SMILES string of the molecule is COc1nonc1-n1nnc(C(C)=O)c1C. The first kappa shape index (κ1) is 10.3. The van der Waals surface area contributed by atoms with Crippen molar-refractivity contribution in [2.24, 2.45) is 0 Å². The minimum absolute atomic E-state index is 0.167. The number of carbonyl (C=O) groups is 1. The van der Waals surface area contributed by atoms with Gasteiger partial charge >= 0.3 is 5.88 Å². The first-order chi connectivity index (χ1) is 7.65. The molecule has 2 rings (SSSR count). The van der Waals surface area contributed by atoms with Crippen molar-refractivity contribution >= 4 is 5.78 Å². The van der Waals surface area contributed by atoms with Gasteiger partial charge in [-0.3, -0.25) is 4.79 Å². The second kappa shape index (κ2) is 3.72. The first-order valence-corrected chi connectivity index (χ1v) is 4.45. The van der Waals surface area contributed by atoms with Crippen LogP contribution in [0.5, 0.6) is 5.88 Å². The van der Waals surface area contributed by atoms with Gasteiger partial charge in [-0.25, -0.2) is 4.63 Å². The Morgan fingerprint density at radius 2 is 2.19 bits per heavy atom. The van der Waals surface area contributed by atoms with E-state index < -0.39 is 0 Å². The smallest absolute Gasteiger partial charge is 0.302 e. The first-order valence-electron chi connectivity index (χ1n) is 4.45. The number of ether oxygens (including phenoxy) is 1. The summed E-state index contributed by atoms with van der Waals surface area (Å²) in [7, 11) is 1.43. The van der Waals surface area contributed by atoms with Crippen molar-refractivity contribution in [2.45, 2.75) is 13.8 Å². The molecule has 0 amide bonds. The molecule has 16 heavy (non-hydrogen) atoms. The lowest BCUT2D eigenvalue weighted by atomic mass is 10.2. The second-order valence-corrected chi connectivity index (χ2v) is 3.09. The topological polar surface area (TPSA) is 95.9 Å². The quantitative estimate of drug-likeness (QED) is 0.684. The molecule has 2 aromatic rings. The molecule has 2 heterocycles. The van der Waals surface area contributed by atoms with Crippen LogP contribution in [0.2, 0.25) is 0 Å². The lowest BCUT2D eigenvalue weighted by Gasteiger charge is -1.98. The number of nitrogens with zero attached hydrogens (tertiary/aromatic N) is 5. The molecule has 0 saturated carbocycles. The van der Waals surface area contributed by atoms with Gasteiger partial charge in [0.25, 0.3) is 5.82 Å². The summed E-state index contributed by atoms with van der Waals surface area (Å²) in [5.74, 6) is 0.280. The minimum atomic E-state index is -0.167. The van der Waals surface area contributed by atoms with E-state index >= 15 is 0 Å². The fraction of sp³-hybridized carbons (Fsp3) is 0.375. The molecule has 0 fully saturated rings. The Bertz CT molecular complexity index is 530. The third-order valence-electron chi connectivity index (χ3n) is 2.06. The van der Waals surface area contributed by atoms with Crippen molar-refractivity contribution < 1.29 is 14.2 Å². The van der Waals surface area contributed by atoms with Gasteiger partial charge in [0.15, 0.2) is 11.5 Å². The van der Waals surface area contributed by atoms with Gasteiger partial charge in [-0.2, -0.15) is 4.68 Å². The summed E-state index contributed by atoms with van der Waals surface area (Å²) >= 11 is 0. The molecule has 0 aromatic carbocycles. The van der Waals surface area contributed by atoms with E-state index in [0.29, 0.717) is 5.69 Å². The Labute approximate surface area is 90.2 Å². The van der Waals surface area contributed by atoms with Crippen LogP contribution in [0.25, 0.3) is 5.82 Å². The molecule has 84 valence electrons. The van der Waals surface area contributed by atoms with Crippen molar-refractivity contribution in [2.75, 3.05) is 7.11 Å². The van der Waals surface area contributed by atoms with Gasteiger partial charge in [0.1, 0.15) is 0 Å². The molecule has 0 bridgehead atoms. The molecule has 8 heteroatoms. The van der Waals surface area contributed by atoms with Crippen molar-refractivity contribution in [1.29, 1.82) is 0 Å². The van der Waals surface area contributed by atoms with Crippen LogP contribution in [0.15, 0.2) is 4.63 Å². The highest BCUT2D eigenvalue weighted by Gasteiger charge is 2.20. The summed E-state index contributed by atoms with van der Waals surface area (Å²) in [6.45, 7) is 3.12. The molecular formula is C8H9N5O3. The summed E-state index contributed by atoms with van der Waals surface area (Å²) < 4.78 is 10.8. The number of ketones is 1. The zero-order valence-electron chi connectivity index (χ0n) is 8.96. The van der Waals surface area contributed by atoms with Gasteiger partial charge in [-0.1, -0.05) is 5.21 Å². The number of methoxy groups -OCH3 is 1. The highest BCUT2D eigenvalue weighted by atomic mass is 16.6. The standard InChI is InChI=1S/C8H9N5O3/c1-4-6(5(2)14)9-12-13(4)7-8(15-3)11-16-10-7/h1-3H3. The number of Topliss-reactive ketones (excluding diaryl/α,β-unsaturated/α-hetero) is 1. The van der Waals surface area contributed by atoms with E-state index in [9.17, 15) is 4.79 Å². The van der Waals surface area contributed by atoms with Crippen LogP contribution in [0.1, 0.15) is 23.1 Å². The molecule has 0 spiro atoms. The van der Waals surface area contributed by atoms with Gasteiger partial charge in [-0.05, 0) is 17.2 Å². The maximum atomic E-state index is 11.2. The van der Waals surface area contributed by atoms with Gasteiger partial charge in [-0.15, -0.1) is 5.10 Å². The summed E-state index contributed by atoms with van der Waals surface area (Å²) in [4.78, 5) is 11.2. The van der Waals surface area contributed by atoms with Crippen molar-refractivity contribution in [1.82, 2.24) is 25.3 Å². The van der Waals surface area contributed by atoms with Crippen molar-refractivity contribution in [3.8, 4) is 11.7 Å². The predicted octanol–water partition coefficient (Wildman–Crippen LogP) is 0.170. The average Bonchev–Trinajstić information content (AvgIpc) is 2.82. The highest BCUT2D eigenvalue weighted by Crippen LogP contribution is 2.18. The van der Waals surface area contributed by atoms with E-state index in [1.165, 1.54) is 18.7 Å². The van der Waals surface area contributed by atoms with Crippen LogP contribution in [-0.2, 0) is 0 Å². The number of hydrogen-bond acceptors (Lipinski definition) is 7. The maximum Gasteiger partial charge on any atom is 0.302 e. The lowest BCUT2D eigenvalue weighted by Crippen LogP contribution is -2.03. The van der Waals surface area contributed by atoms with Gasteiger partial charge < -0.3 is 4.74 Å². The monoisotopic (exact) mass is 223 g/mol. The van der Waals surface area contributed by atoms with E-state index in [2.05, 4.69) is 25.3 Å². The maximum absolute atomic E-state index is 11.2. The number of carbonyl (C=O) groups excluding carboxylic acids is 1. The highest BCUT2D eigenvalue weighted by molar-refractivity contribution is 5.93. The van der Waals surface area contributed by atoms with Crippen LogP contribution < -0.4 is 4.74 Å². The van der Waals surface area contributed by atoms with Crippen LogP contribution in [0, 0.1) is 6.92 Å².